The van der Waals surface area contributed by atoms with E-state index in [9.17, 15) is 5.21 Å². The zero-order valence-corrected chi connectivity index (χ0v) is 6.77. The van der Waals surface area contributed by atoms with Crippen LogP contribution in [0.5, 0.6) is 0 Å². The molecule has 1 aromatic carbocycles. The Morgan fingerprint density at radius 2 is 2.23 bits per heavy atom. The van der Waals surface area contributed by atoms with E-state index in [4.69, 9.17) is 5.84 Å². The van der Waals surface area contributed by atoms with Crippen LogP contribution in [0.15, 0.2) is 24.3 Å². The van der Waals surface area contributed by atoms with Crippen molar-refractivity contribution in [3.63, 3.8) is 0 Å². The molecule has 0 radical (unpaired) electrons. The summed E-state index contributed by atoms with van der Waals surface area (Å²) in [6.45, 7) is 0. The van der Waals surface area contributed by atoms with Gasteiger partial charge in [0.25, 0.3) is 5.36 Å². The van der Waals surface area contributed by atoms with Gasteiger partial charge in [-0.15, -0.1) is 5.53 Å². The highest BCUT2D eigenvalue weighted by atomic mass is 16.5. The molecule has 1 aromatic rings. The lowest BCUT2D eigenvalue weighted by Crippen LogP contribution is -2.60. The molecule has 6 nitrogen and oxygen atoms in total. The number of hydrogen-bond acceptors (Lipinski definition) is 5. The van der Waals surface area contributed by atoms with Crippen molar-refractivity contribution in [3.8, 4) is 0 Å². The van der Waals surface area contributed by atoms with E-state index in [1.54, 1.807) is 18.3 Å². The highest BCUT2D eigenvalue weighted by molar-refractivity contribution is 5.22. The first-order valence-corrected chi connectivity index (χ1v) is 3.74. The minimum Gasteiger partial charge on any atom is -0.594 e. The van der Waals surface area contributed by atoms with Crippen molar-refractivity contribution >= 4 is 6.20 Å². The molecule has 0 spiro atoms. The maximum Gasteiger partial charge on any atom is 0.252 e. The summed E-state index contributed by atoms with van der Waals surface area (Å²) in [5.41, 5.74) is 4.74. The Morgan fingerprint density at radius 1 is 1.46 bits per heavy atom. The molecule has 0 fully saturated rings. The molecule has 0 atom stereocenters. The summed E-state index contributed by atoms with van der Waals surface area (Å²) in [5, 5.41) is 13.9. The van der Waals surface area contributed by atoms with Crippen LogP contribution in [0.4, 0.5) is 0 Å². The van der Waals surface area contributed by atoms with E-state index in [1.165, 1.54) is 5.12 Å². The fraction of sp³-hybridized carbons (Fsp3) is 0. The Morgan fingerprint density at radius 3 is 3.00 bits per heavy atom. The summed E-state index contributed by atoms with van der Waals surface area (Å²) < 4.78 is 0. The molecular weight excluding hydrogens is 170 g/mol. The number of nitrogens with zero attached hydrogens (tertiary/aromatic N) is 2. The van der Waals surface area contributed by atoms with Gasteiger partial charge in [-0.3, -0.25) is 5.84 Å². The molecule has 0 bridgehead atoms. The fourth-order valence-corrected chi connectivity index (χ4v) is 1.17. The number of nitrogens with two attached hydrogens (primary N) is 1. The summed E-state index contributed by atoms with van der Waals surface area (Å²) in [4.78, 5) is 0.634. The van der Waals surface area contributed by atoms with Gasteiger partial charge in [-0.1, -0.05) is 22.5 Å². The van der Waals surface area contributed by atoms with E-state index >= 15 is 0 Å². The molecule has 1 aliphatic rings. The zero-order valence-electron chi connectivity index (χ0n) is 6.77. The summed E-state index contributed by atoms with van der Waals surface area (Å²) in [6, 6.07) is 7.19. The Balaban J connectivity index is 2.66. The number of fused-ring (bicyclic) bond motifs is 1. The van der Waals surface area contributed by atoms with E-state index in [0.717, 1.165) is 5.22 Å². The van der Waals surface area contributed by atoms with Crippen molar-refractivity contribution < 1.29 is 0 Å². The van der Waals surface area contributed by atoms with Crippen LogP contribution in [0.25, 0.3) is 6.20 Å². The Hall–Kier alpha value is -1.79. The Labute approximate surface area is 74.0 Å². The summed E-state index contributed by atoms with van der Waals surface area (Å²) in [7, 11) is 0. The SMILES string of the molecule is NNN1C=c2ccccc2=[N+]([O-])N1. The van der Waals surface area contributed by atoms with Crippen LogP contribution in [0, 0.1) is 5.21 Å². The molecule has 1 aliphatic heterocycles. The largest absolute Gasteiger partial charge is 0.594 e. The smallest absolute Gasteiger partial charge is 0.252 e. The first-order chi connectivity index (χ1) is 6.31. The molecular formula is C7H9N5O. The van der Waals surface area contributed by atoms with E-state index in [1.807, 2.05) is 12.1 Å². The Bertz CT molecular complexity index is 429. The van der Waals surface area contributed by atoms with Crippen LogP contribution in [0.2, 0.25) is 0 Å². The van der Waals surface area contributed by atoms with Crippen molar-refractivity contribution in [1.82, 2.24) is 21.0 Å². The fourth-order valence-electron chi connectivity index (χ4n) is 1.17. The number of rotatable bonds is 1. The number of hydrogen-bond donors (Lipinski definition) is 3. The summed E-state index contributed by atoms with van der Waals surface area (Å²) in [6.07, 6.45) is 1.68. The van der Waals surface area contributed by atoms with Gasteiger partial charge < -0.3 is 5.21 Å². The van der Waals surface area contributed by atoms with Crippen LogP contribution in [0.1, 0.15) is 0 Å². The molecule has 0 aliphatic carbocycles. The number of nitrogens with one attached hydrogen (secondary N) is 2. The van der Waals surface area contributed by atoms with Gasteiger partial charge in [-0.2, -0.15) is 5.12 Å². The van der Waals surface area contributed by atoms with Gasteiger partial charge >= 0.3 is 0 Å². The lowest BCUT2D eigenvalue weighted by molar-refractivity contribution is 0.164. The normalized spacial score (nSPS) is 14.5. The third kappa shape index (κ3) is 1.28. The number of benzene rings is 1. The van der Waals surface area contributed by atoms with Gasteiger partial charge in [0, 0.05) is 6.07 Å². The van der Waals surface area contributed by atoms with Crippen LogP contribution in [-0.4, -0.2) is 5.12 Å². The average Bonchev–Trinajstić information content (AvgIpc) is 2.18. The van der Waals surface area contributed by atoms with Crippen LogP contribution in [0.3, 0.4) is 0 Å². The highest BCUT2D eigenvalue weighted by Crippen LogP contribution is 1.78. The average molecular weight is 179 g/mol. The first-order valence-electron chi connectivity index (χ1n) is 3.74. The molecule has 0 aromatic heterocycles. The van der Waals surface area contributed by atoms with Crippen molar-refractivity contribution in [1.29, 1.82) is 0 Å². The molecule has 0 unspecified atom stereocenters. The lowest BCUT2D eigenvalue weighted by atomic mass is 10.3. The molecule has 1 heterocycles. The van der Waals surface area contributed by atoms with Crippen molar-refractivity contribution in [2.45, 2.75) is 0 Å². The third-order valence-corrected chi connectivity index (χ3v) is 1.76. The van der Waals surface area contributed by atoms with Crippen molar-refractivity contribution in [3.05, 3.63) is 40.0 Å². The van der Waals surface area contributed by atoms with E-state index in [-0.39, 0.29) is 0 Å². The second-order valence-corrected chi connectivity index (χ2v) is 2.58. The van der Waals surface area contributed by atoms with Crippen LogP contribution >= 0.6 is 0 Å². The van der Waals surface area contributed by atoms with E-state index in [0.29, 0.717) is 10.2 Å². The lowest BCUT2D eigenvalue weighted by Gasteiger charge is -2.19. The highest BCUT2D eigenvalue weighted by Gasteiger charge is 2.08. The van der Waals surface area contributed by atoms with Crippen LogP contribution in [-0.2, 0) is 0 Å². The predicted molar refractivity (Wildman–Crippen MR) is 47.1 cm³/mol. The van der Waals surface area contributed by atoms with E-state index in [2.05, 4.69) is 11.1 Å². The van der Waals surface area contributed by atoms with Gasteiger partial charge in [0.15, 0.2) is 0 Å². The topological polar surface area (TPSA) is 79.4 Å². The van der Waals surface area contributed by atoms with Crippen molar-refractivity contribution in [2.75, 3.05) is 0 Å². The molecule has 4 N–H and O–H groups in total. The van der Waals surface area contributed by atoms with Crippen molar-refractivity contribution in [2.24, 2.45) is 5.84 Å². The summed E-state index contributed by atoms with van der Waals surface area (Å²) in [5.74, 6) is 5.14. The quantitative estimate of drug-likeness (QED) is 0.193. The second kappa shape index (κ2) is 2.92. The first kappa shape index (κ1) is 7.84. The summed E-state index contributed by atoms with van der Waals surface area (Å²) >= 11 is 0. The predicted octanol–water partition coefficient (Wildman–Crippen LogP) is -2.47. The minimum absolute atomic E-state index is 0.564. The maximum atomic E-state index is 11.3. The standard InChI is InChI=1S/C7H9N5O/c8-9-11-5-6-3-1-2-4-7(6)12(13)10-11/h1-5,9-10H,8H2. The molecule has 0 saturated carbocycles. The molecule has 13 heavy (non-hydrogen) atoms. The van der Waals surface area contributed by atoms with Gasteiger partial charge in [0.1, 0.15) is 0 Å². The molecule has 0 saturated heterocycles. The van der Waals surface area contributed by atoms with Gasteiger partial charge in [0.2, 0.25) is 0 Å². The molecule has 0 amide bonds. The molecule has 68 valence electrons. The second-order valence-electron chi connectivity index (χ2n) is 2.58. The number of hydrazine groups is 4. The van der Waals surface area contributed by atoms with Gasteiger partial charge in [-0.05, 0) is 6.07 Å². The monoisotopic (exact) mass is 179 g/mol. The Kier molecular flexibility index (Phi) is 1.76. The molecule has 6 heteroatoms. The van der Waals surface area contributed by atoms with Gasteiger partial charge in [-0.25, -0.2) is 0 Å². The van der Waals surface area contributed by atoms with E-state index < -0.39 is 0 Å². The third-order valence-electron chi connectivity index (χ3n) is 1.76. The minimum atomic E-state index is 0.564. The number of para-hydroxylation sites is 1. The van der Waals surface area contributed by atoms with Crippen LogP contribution < -0.4 is 32.3 Å². The maximum absolute atomic E-state index is 11.3. The zero-order chi connectivity index (χ0) is 9.26. The van der Waals surface area contributed by atoms with Gasteiger partial charge in [0.05, 0.1) is 11.4 Å². The molecule has 2 rings (SSSR count).